The Kier molecular flexibility index (Phi) is 6.72. The van der Waals surface area contributed by atoms with E-state index in [0.29, 0.717) is 19.4 Å². The zero-order valence-corrected chi connectivity index (χ0v) is 12.9. The minimum atomic E-state index is -0.801. The maximum absolute atomic E-state index is 12.0. The third-order valence-corrected chi connectivity index (χ3v) is 3.25. The van der Waals surface area contributed by atoms with Crippen molar-refractivity contribution in [3.8, 4) is 0 Å². The Labute approximate surface area is 126 Å². The lowest BCUT2D eigenvalue weighted by atomic mass is 10.1. The van der Waals surface area contributed by atoms with Gasteiger partial charge in [-0.2, -0.15) is 0 Å². The molecule has 0 saturated carbocycles. The summed E-state index contributed by atoms with van der Waals surface area (Å²) < 4.78 is 0. The molecule has 1 unspecified atom stereocenters. The molecular formula is C16H24N2O3. The Morgan fingerprint density at radius 3 is 2.71 bits per heavy atom. The van der Waals surface area contributed by atoms with Crippen LogP contribution in [0.3, 0.4) is 0 Å². The minimum Gasteiger partial charge on any atom is -0.481 e. The van der Waals surface area contributed by atoms with E-state index < -0.39 is 5.97 Å². The van der Waals surface area contributed by atoms with Gasteiger partial charge in [-0.1, -0.05) is 29.8 Å². The summed E-state index contributed by atoms with van der Waals surface area (Å²) in [5, 5.41) is 11.5. The van der Waals surface area contributed by atoms with Gasteiger partial charge in [-0.15, -0.1) is 0 Å². The second-order valence-electron chi connectivity index (χ2n) is 5.48. The van der Waals surface area contributed by atoms with Crippen LogP contribution in [-0.2, 0) is 11.3 Å². The predicted octanol–water partition coefficient (Wildman–Crippen LogP) is 2.78. The number of carbonyl (C=O) groups excluding carboxylic acids is 1. The number of nitrogens with zero attached hydrogens (tertiary/aromatic N) is 1. The van der Waals surface area contributed by atoms with Crippen LogP contribution in [0.1, 0.15) is 37.3 Å². The number of urea groups is 1. The third kappa shape index (κ3) is 6.79. The Balaban J connectivity index is 2.38. The molecule has 0 aliphatic carbocycles. The first-order valence-electron chi connectivity index (χ1n) is 7.17. The van der Waals surface area contributed by atoms with Gasteiger partial charge in [0.2, 0.25) is 0 Å². The zero-order chi connectivity index (χ0) is 15.8. The summed E-state index contributed by atoms with van der Waals surface area (Å²) in [6.07, 6.45) is 1.37. The maximum Gasteiger partial charge on any atom is 0.317 e. The molecule has 0 bridgehead atoms. The molecule has 0 aliphatic heterocycles. The second-order valence-corrected chi connectivity index (χ2v) is 5.48. The molecule has 0 saturated heterocycles. The SMILES string of the molecule is Cc1cccc(CN(C)C(=O)NC(C)CCCC(=O)O)c1. The predicted molar refractivity (Wildman–Crippen MR) is 82.1 cm³/mol. The number of nitrogens with one attached hydrogen (secondary N) is 1. The molecule has 1 atom stereocenters. The topological polar surface area (TPSA) is 69.6 Å². The molecule has 116 valence electrons. The van der Waals surface area contributed by atoms with Crippen molar-refractivity contribution in [2.75, 3.05) is 7.05 Å². The van der Waals surface area contributed by atoms with E-state index in [4.69, 9.17) is 5.11 Å². The first-order valence-corrected chi connectivity index (χ1v) is 7.17. The Hall–Kier alpha value is -2.04. The molecule has 0 radical (unpaired) electrons. The fraction of sp³-hybridized carbons (Fsp3) is 0.500. The zero-order valence-electron chi connectivity index (χ0n) is 12.9. The number of carboxylic acids is 1. The highest BCUT2D eigenvalue weighted by atomic mass is 16.4. The lowest BCUT2D eigenvalue weighted by molar-refractivity contribution is -0.137. The summed E-state index contributed by atoms with van der Waals surface area (Å²) in [5.74, 6) is -0.801. The van der Waals surface area contributed by atoms with Crippen molar-refractivity contribution in [3.63, 3.8) is 0 Å². The first kappa shape index (κ1) is 17.0. The van der Waals surface area contributed by atoms with Crippen LogP contribution < -0.4 is 5.32 Å². The van der Waals surface area contributed by atoms with E-state index in [1.54, 1.807) is 11.9 Å². The van der Waals surface area contributed by atoms with Crippen molar-refractivity contribution in [3.05, 3.63) is 35.4 Å². The summed E-state index contributed by atoms with van der Waals surface area (Å²) in [5.41, 5.74) is 2.26. The molecule has 21 heavy (non-hydrogen) atoms. The van der Waals surface area contributed by atoms with Gasteiger partial charge in [0.05, 0.1) is 0 Å². The van der Waals surface area contributed by atoms with Crippen molar-refractivity contribution in [2.45, 2.75) is 45.7 Å². The highest BCUT2D eigenvalue weighted by Crippen LogP contribution is 2.07. The smallest absolute Gasteiger partial charge is 0.317 e. The maximum atomic E-state index is 12.0. The van der Waals surface area contributed by atoms with E-state index in [2.05, 4.69) is 11.4 Å². The molecule has 1 aromatic rings. The molecule has 0 spiro atoms. The molecular weight excluding hydrogens is 268 g/mol. The third-order valence-electron chi connectivity index (χ3n) is 3.25. The van der Waals surface area contributed by atoms with Gasteiger partial charge in [-0.25, -0.2) is 4.79 Å². The van der Waals surface area contributed by atoms with Crippen LogP contribution in [0.4, 0.5) is 4.79 Å². The molecule has 5 heteroatoms. The van der Waals surface area contributed by atoms with Crippen LogP contribution in [0, 0.1) is 6.92 Å². The summed E-state index contributed by atoms with van der Waals surface area (Å²) in [6, 6.07) is 7.88. The average molecular weight is 292 g/mol. The van der Waals surface area contributed by atoms with Crippen molar-refractivity contribution in [1.29, 1.82) is 0 Å². The molecule has 5 nitrogen and oxygen atoms in total. The molecule has 0 fully saturated rings. The van der Waals surface area contributed by atoms with Crippen LogP contribution in [0.25, 0.3) is 0 Å². The van der Waals surface area contributed by atoms with Crippen molar-refractivity contribution in [2.24, 2.45) is 0 Å². The summed E-state index contributed by atoms with van der Waals surface area (Å²) in [4.78, 5) is 24.1. The number of hydrogen-bond acceptors (Lipinski definition) is 2. The largest absolute Gasteiger partial charge is 0.481 e. The Morgan fingerprint density at radius 1 is 1.38 bits per heavy atom. The summed E-state index contributed by atoms with van der Waals surface area (Å²) in [7, 11) is 1.75. The van der Waals surface area contributed by atoms with E-state index in [1.807, 2.05) is 32.0 Å². The van der Waals surface area contributed by atoms with Crippen LogP contribution in [-0.4, -0.2) is 35.1 Å². The van der Waals surface area contributed by atoms with E-state index in [1.165, 1.54) is 5.56 Å². The van der Waals surface area contributed by atoms with Crippen LogP contribution in [0.15, 0.2) is 24.3 Å². The van der Waals surface area contributed by atoms with Crippen LogP contribution in [0.2, 0.25) is 0 Å². The number of rotatable bonds is 7. The van der Waals surface area contributed by atoms with Crippen LogP contribution >= 0.6 is 0 Å². The van der Waals surface area contributed by atoms with E-state index in [0.717, 1.165) is 5.56 Å². The standard InChI is InChI=1S/C16H24N2O3/c1-12-6-4-8-14(10-12)11-18(3)16(21)17-13(2)7-5-9-15(19)20/h4,6,8,10,13H,5,7,9,11H2,1-3H3,(H,17,21)(H,19,20). The molecule has 0 aliphatic rings. The van der Waals surface area contributed by atoms with Gasteiger partial charge >= 0.3 is 12.0 Å². The van der Waals surface area contributed by atoms with Gasteiger partial charge in [0.25, 0.3) is 0 Å². The van der Waals surface area contributed by atoms with Gasteiger partial charge in [0.1, 0.15) is 0 Å². The molecule has 1 rings (SSSR count). The molecule has 1 aromatic carbocycles. The number of aryl methyl sites for hydroxylation is 1. The average Bonchev–Trinajstić information content (AvgIpc) is 2.38. The lowest BCUT2D eigenvalue weighted by Crippen LogP contribution is -2.41. The van der Waals surface area contributed by atoms with Gasteiger partial charge in [0.15, 0.2) is 0 Å². The molecule has 0 heterocycles. The number of carboxylic acid groups (broad SMARTS) is 1. The molecule has 2 N–H and O–H groups in total. The number of amides is 2. The Bertz CT molecular complexity index is 488. The highest BCUT2D eigenvalue weighted by molar-refractivity contribution is 5.74. The van der Waals surface area contributed by atoms with Gasteiger partial charge < -0.3 is 15.3 Å². The van der Waals surface area contributed by atoms with Gasteiger partial charge in [-0.05, 0) is 32.3 Å². The van der Waals surface area contributed by atoms with Crippen molar-refractivity contribution in [1.82, 2.24) is 10.2 Å². The monoisotopic (exact) mass is 292 g/mol. The number of aliphatic carboxylic acids is 1. The number of carbonyl (C=O) groups is 2. The van der Waals surface area contributed by atoms with Crippen molar-refractivity contribution >= 4 is 12.0 Å². The fourth-order valence-corrected chi connectivity index (χ4v) is 2.11. The quantitative estimate of drug-likeness (QED) is 0.812. The molecule has 0 aromatic heterocycles. The first-order chi connectivity index (χ1) is 9.88. The van der Waals surface area contributed by atoms with E-state index in [9.17, 15) is 9.59 Å². The molecule has 2 amide bonds. The second kappa shape index (κ2) is 8.29. The minimum absolute atomic E-state index is 0.0307. The Morgan fingerprint density at radius 2 is 2.10 bits per heavy atom. The normalized spacial score (nSPS) is 11.8. The van der Waals surface area contributed by atoms with Gasteiger partial charge in [0, 0.05) is 26.1 Å². The van der Waals surface area contributed by atoms with E-state index >= 15 is 0 Å². The van der Waals surface area contributed by atoms with Crippen molar-refractivity contribution < 1.29 is 14.7 Å². The van der Waals surface area contributed by atoms with Crippen LogP contribution in [0.5, 0.6) is 0 Å². The fourth-order valence-electron chi connectivity index (χ4n) is 2.11. The lowest BCUT2D eigenvalue weighted by Gasteiger charge is -2.21. The van der Waals surface area contributed by atoms with Gasteiger partial charge in [-0.3, -0.25) is 4.79 Å². The van der Waals surface area contributed by atoms with E-state index in [-0.39, 0.29) is 18.5 Å². The number of hydrogen-bond donors (Lipinski definition) is 2. The number of benzene rings is 1. The summed E-state index contributed by atoms with van der Waals surface area (Å²) in [6.45, 7) is 4.46. The summed E-state index contributed by atoms with van der Waals surface area (Å²) >= 11 is 0. The highest BCUT2D eigenvalue weighted by Gasteiger charge is 2.12.